The summed E-state index contributed by atoms with van der Waals surface area (Å²) in [6.07, 6.45) is 3.47. The summed E-state index contributed by atoms with van der Waals surface area (Å²) in [5, 5.41) is 4.14. The van der Waals surface area contributed by atoms with Crippen LogP contribution in [0.3, 0.4) is 0 Å². The quantitative estimate of drug-likeness (QED) is 0.302. The van der Waals surface area contributed by atoms with E-state index < -0.39 is 0 Å². The van der Waals surface area contributed by atoms with Crippen molar-refractivity contribution in [2.24, 2.45) is 0 Å². The molecule has 1 aliphatic rings. The van der Waals surface area contributed by atoms with Gasteiger partial charge >= 0.3 is 5.97 Å². The van der Waals surface area contributed by atoms with Crippen molar-refractivity contribution in [1.29, 1.82) is 0 Å². The minimum atomic E-state index is -0.361. The number of nitrogens with one attached hydrogen (secondary N) is 1. The summed E-state index contributed by atoms with van der Waals surface area (Å²) < 4.78 is 12.7. The molecule has 0 radical (unpaired) electrons. The topological polar surface area (TPSA) is 72.5 Å². The minimum absolute atomic E-state index is 0.105. The Morgan fingerprint density at radius 3 is 2.71 bits per heavy atom. The monoisotopic (exact) mass is 486 g/mol. The highest BCUT2D eigenvalue weighted by Gasteiger charge is 2.41. The lowest BCUT2D eigenvalue weighted by atomic mass is 9.96. The number of nitrogens with zero attached hydrogens (tertiary/aromatic N) is 3. The molecule has 7 nitrogen and oxygen atoms in total. The van der Waals surface area contributed by atoms with Gasteiger partial charge in [0.25, 0.3) is 0 Å². The van der Waals surface area contributed by atoms with E-state index in [9.17, 15) is 4.79 Å². The van der Waals surface area contributed by atoms with Crippen LogP contribution in [0.2, 0.25) is 0 Å². The molecule has 1 aliphatic heterocycles. The summed E-state index contributed by atoms with van der Waals surface area (Å²) in [4.78, 5) is 18.9. The second kappa shape index (κ2) is 9.38. The van der Waals surface area contributed by atoms with Crippen molar-refractivity contribution >= 4 is 23.3 Å². The number of carbonyl (C=O) groups is 1. The Bertz CT molecular complexity index is 1360. The van der Waals surface area contributed by atoms with Crippen molar-refractivity contribution < 1.29 is 13.9 Å². The van der Waals surface area contributed by atoms with Gasteiger partial charge in [0, 0.05) is 23.3 Å². The molecule has 0 aliphatic carbocycles. The van der Waals surface area contributed by atoms with Gasteiger partial charge in [0.2, 0.25) is 0 Å². The number of methoxy groups -OCH3 is 1. The Balaban J connectivity index is 1.61. The zero-order valence-electron chi connectivity index (χ0n) is 19.8. The summed E-state index contributed by atoms with van der Waals surface area (Å²) in [6.45, 7) is 4.69. The molecular weight excluding hydrogens is 460 g/mol. The van der Waals surface area contributed by atoms with Gasteiger partial charge in [-0.2, -0.15) is 0 Å². The Hall–Kier alpha value is -3.91. The van der Waals surface area contributed by atoms with Gasteiger partial charge in [0.1, 0.15) is 5.76 Å². The zero-order chi connectivity index (χ0) is 24.5. The summed E-state index contributed by atoms with van der Waals surface area (Å²) in [5.41, 5.74) is 5.56. The van der Waals surface area contributed by atoms with Crippen LogP contribution in [0.25, 0.3) is 5.69 Å². The van der Waals surface area contributed by atoms with Crippen LogP contribution in [-0.2, 0) is 11.3 Å². The van der Waals surface area contributed by atoms with Gasteiger partial charge in [0.05, 0.1) is 43.3 Å². The zero-order valence-corrected chi connectivity index (χ0v) is 20.6. The molecule has 4 heterocycles. The lowest BCUT2D eigenvalue weighted by molar-refractivity contribution is 0.0600. The fourth-order valence-corrected chi connectivity index (χ4v) is 5.16. The van der Waals surface area contributed by atoms with Crippen molar-refractivity contribution in [3.63, 3.8) is 0 Å². The van der Waals surface area contributed by atoms with E-state index in [-0.39, 0.29) is 18.1 Å². The predicted octanol–water partition coefficient (Wildman–Crippen LogP) is 5.04. The minimum Gasteiger partial charge on any atom is -0.467 e. The lowest BCUT2D eigenvalue weighted by Gasteiger charge is -2.27. The van der Waals surface area contributed by atoms with E-state index in [0.29, 0.717) is 17.2 Å². The highest BCUT2D eigenvalue weighted by atomic mass is 32.1. The third-order valence-corrected chi connectivity index (χ3v) is 6.77. The number of hydrogen-bond donors (Lipinski definition) is 1. The van der Waals surface area contributed by atoms with Gasteiger partial charge in [-0.25, -0.2) is 4.79 Å². The summed E-state index contributed by atoms with van der Waals surface area (Å²) >= 11 is 5.79. The molecule has 1 fully saturated rings. The molecule has 1 N–H and O–H groups in total. The van der Waals surface area contributed by atoms with E-state index in [1.54, 1.807) is 18.5 Å². The van der Waals surface area contributed by atoms with Crippen molar-refractivity contribution in [3.05, 3.63) is 107 Å². The van der Waals surface area contributed by atoms with Crippen molar-refractivity contribution in [2.45, 2.75) is 32.5 Å². The molecule has 0 unspecified atom stereocenters. The molecule has 5 rings (SSSR count). The van der Waals surface area contributed by atoms with Gasteiger partial charge < -0.3 is 23.9 Å². The number of aromatic nitrogens is 2. The molecular formula is C27H26N4O3S. The van der Waals surface area contributed by atoms with Gasteiger partial charge in [-0.05, 0) is 80.2 Å². The molecule has 0 amide bonds. The van der Waals surface area contributed by atoms with Crippen LogP contribution in [-0.4, -0.2) is 32.6 Å². The van der Waals surface area contributed by atoms with E-state index in [2.05, 4.69) is 39.7 Å². The molecule has 0 bridgehead atoms. The number of esters is 1. The average Bonchev–Trinajstić information content (AvgIpc) is 3.58. The number of ether oxygens (including phenoxy) is 1. The first-order chi connectivity index (χ1) is 17.0. The lowest BCUT2D eigenvalue weighted by Crippen LogP contribution is -2.29. The predicted molar refractivity (Wildman–Crippen MR) is 136 cm³/mol. The fraction of sp³-hybridized carbons (Fsp3) is 0.222. The van der Waals surface area contributed by atoms with E-state index in [0.717, 1.165) is 34.1 Å². The van der Waals surface area contributed by atoms with Crippen LogP contribution in [0.5, 0.6) is 0 Å². The van der Waals surface area contributed by atoms with E-state index in [1.165, 1.54) is 7.11 Å². The molecule has 35 heavy (non-hydrogen) atoms. The molecule has 0 spiro atoms. The summed E-state index contributed by atoms with van der Waals surface area (Å²) in [6, 6.07) is 19.2. The van der Waals surface area contributed by atoms with Crippen LogP contribution < -0.4 is 5.32 Å². The van der Waals surface area contributed by atoms with Crippen LogP contribution >= 0.6 is 12.2 Å². The normalized spacial score (nSPS) is 17.5. The van der Waals surface area contributed by atoms with Crippen molar-refractivity contribution in [3.8, 4) is 5.69 Å². The van der Waals surface area contributed by atoms with Gasteiger partial charge in [0.15, 0.2) is 5.11 Å². The number of rotatable bonds is 6. The molecule has 4 aromatic rings. The first-order valence-corrected chi connectivity index (χ1v) is 11.8. The molecule has 8 heteroatoms. The molecule has 178 valence electrons. The van der Waals surface area contributed by atoms with E-state index in [1.807, 2.05) is 48.5 Å². The number of carbonyl (C=O) groups excluding carboxylic acids is 1. The number of aryl methyl sites for hydroxylation is 1. The van der Waals surface area contributed by atoms with Crippen LogP contribution in [0.1, 0.15) is 50.8 Å². The molecule has 3 aromatic heterocycles. The largest absolute Gasteiger partial charge is 0.467 e. The standard InChI is InChI=1S/C27H26N4O3S/c1-17-14-22(18(2)31(17)20-9-6-8-19(15-20)26(32)33-3)25-24(23-11-4-5-12-28-23)29-27(35)30(25)16-21-10-7-13-34-21/h4-15,24-25H,16H2,1-3H3,(H,29,35)/t24-,25-/m1/s1. The first-order valence-electron chi connectivity index (χ1n) is 11.4. The van der Waals surface area contributed by atoms with Gasteiger partial charge in [-0.1, -0.05) is 12.1 Å². The Morgan fingerprint density at radius 2 is 2.00 bits per heavy atom. The number of pyridine rings is 1. The number of thiocarbonyl (C=S) groups is 1. The maximum Gasteiger partial charge on any atom is 0.337 e. The van der Waals surface area contributed by atoms with Crippen molar-refractivity contribution in [2.75, 3.05) is 7.11 Å². The molecule has 1 saturated heterocycles. The number of furan rings is 1. The Morgan fingerprint density at radius 1 is 1.14 bits per heavy atom. The highest BCUT2D eigenvalue weighted by molar-refractivity contribution is 7.80. The van der Waals surface area contributed by atoms with E-state index >= 15 is 0 Å². The second-order valence-corrected chi connectivity index (χ2v) is 8.92. The van der Waals surface area contributed by atoms with Crippen molar-refractivity contribution in [1.82, 2.24) is 19.8 Å². The SMILES string of the molecule is COC(=O)c1cccc(-n2c(C)cc([C@@H]3[C@@H](c4ccccn4)NC(=S)N3Cc3ccco3)c2C)c1. The summed E-state index contributed by atoms with van der Waals surface area (Å²) in [5.74, 6) is 0.472. The summed E-state index contributed by atoms with van der Waals surface area (Å²) in [7, 11) is 1.39. The maximum atomic E-state index is 12.1. The number of benzene rings is 1. The molecule has 2 atom stereocenters. The molecule has 0 saturated carbocycles. The maximum absolute atomic E-state index is 12.1. The smallest absolute Gasteiger partial charge is 0.337 e. The van der Waals surface area contributed by atoms with Gasteiger partial charge in [-0.3, -0.25) is 4.98 Å². The third-order valence-electron chi connectivity index (χ3n) is 6.42. The highest BCUT2D eigenvalue weighted by Crippen LogP contribution is 2.42. The molecule has 1 aromatic carbocycles. The van der Waals surface area contributed by atoms with Crippen LogP contribution in [0.4, 0.5) is 0 Å². The number of hydrogen-bond acceptors (Lipinski definition) is 5. The van der Waals surface area contributed by atoms with Crippen LogP contribution in [0.15, 0.2) is 77.5 Å². The third kappa shape index (κ3) is 4.21. The van der Waals surface area contributed by atoms with E-state index in [4.69, 9.17) is 21.4 Å². The Kier molecular flexibility index (Phi) is 6.13. The van der Waals surface area contributed by atoms with Gasteiger partial charge in [-0.15, -0.1) is 0 Å². The average molecular weight is 487 g/mol. The first kappa shape index (κ1) is 22.9. The fourth-order valence-electron chi connectivity index (χ4n) is 4.86. The Labute approximate surface area is 209 Å². The second-order valence-electron chi connectivity index (χ2n) is 8.54. The van der Waals surface area contributed by atoms with Crippen LogP contribution in [0, 0.1) is 13.8 Å².